The predicted molar refractivity (Wildman–Crippen MR) is 66.2 cm³/mol. The maximum Gasteiger partial charge on any atom is 0.326 e. The molecule has 2 atom stereocenters. The molecular weight excluding hydrogens is 250 g/mol. The molecule has 0 spiro atoms. The van der Waals surface area contributed by atoms with Gasteiger partial charge in [0.15, 0.2) is 0 Å². The van der Waals surface area contributed by atoms with Crippen LogP contribution in [-0.4, -0.2) is 63.3 Å². The quantitative estimate of drug-likeness (QED) is 0.761. The number of aliphatic carboxylic acids is 1. The molecule has 2 amide bonds. The van der Waals surface area contributed by atoms with Crippen molar-refractivity contribution in [3.63, 3.8) is 0 Å². The van der Waals surface area contributed by atoms with E-state index in [4.69, 9.17) is 10.4 Å². The average Bonchev–Trinajstić information content (AvgIpc) is 2.71. The fourth-order valence-electron chi connectivity index (χ4n) is 2.17. The normalized spacial score (nSPS) is 22.4. The first-order valence-electron chi connectivity index (χ1n) is 6.23. The monoisotopic (exact) mass is 269 g/mol. The van der Waals surface area contributed by atoms with Gasteiger partial charge >= 0.3 is 12.0 Å². The Balaban J connectivity index is 2.83. The lowest BCUT2D eigenvalue weighted by Crippen LogP contribution is -2.50. The number of aliphatic hydroxyl groups is 1. The van der Waals surface area contributed by atoms with Gasteiger partial charge in [0.1, 0.15) is 6.04 Å². The van der Waals surface area contributed by atoms with Gasteiger partial charge < -0.3 is 20.0 Å². The first-order chi connectivity index (χ1) is 8.88. The molecule has 19 heavy (non-hydrogen) atoms. The van der Waals surface area contributed by atoms with Gasteiger partial charge in [-0.05, 0) is 13.8 Å². The Bertz CT molecular complexity index is 391. The van der Waals surface area contributed by atoms with E-state index in [1.54, 1.807) is 13.8 Å². The summed E-state index contributed by atoms with van der Waals surface area (Å²) in [6, 6.07) is 0.401. The number of carboxylic acid groups (broad SMARTS) is 1. The number of amides is 2. The standard InChI is InChI=1S/C12H19N3O4/c1-8(2)14(5-3-4-13)12(19)15-7-9(16)6-10(15)11(17)18/h8-10,16H,3,5-7H2,1-2H3,(H,17,18)/t9?,10-/m0/s1. The third kappa shape index (κ3) is 3.58. The summed E-state index contributed by atoms with van der Waals surface area (Å²) in [5, 5.41) is 27.2. The van der Waals surface area contributed by atoms with Gasteiger partial charge in [-0.3, -0.25) is 0 Å². The molecule has 0 aromatic carbocycles. The molecular formula is C12H19N3O4. The number of likely N-dealkylation sites (tertiary alicyclic amines) is 1. The Labute approximate surface area is 112 Å². The Hall–Kier alpha value is -1.81. The van der Waals surface area contributed by atoms with Crippen LogP contribution in [0.3, 0.4) is 0 Å². The Morgan fingerprint density at radius 3 is 2.63 bits per heavy atom. The number of rotatable bonds is 4. The number of hydrogen-bond acceptors (Lipinski definition) is 4. The van der Waals surface area contributed by atoms with E-state index >= 15 is 0 Å². The average molecular weight is 269 g/mol. The van der Waals surface area contributed by atoms with Gasteiger partial charge in [0.2, 0.25) is 0 Å². The Morgan fingerprint density at radius 2 is 2.16 bits per heavy atom. The molecule has 1 heterocycles. The summed E-state index contributed by atoms with van der Waals surface area (Å²) < 4.78 is 0. The first-order valence-corrected chi connectivity index (χ1v) is 6.23. The highest BCUT2D eigenvalue weighted by molar-refractivity contribution is 5.83. The predicted octanol–water partition coefficient (Wildman–Crippen LogP) is 0.250. The van der Waals surface area contributed by atoms with E-state index in [-0.39, 0.29) is 32.0 Å². The molecule has 1 fully saturated rings. The second kappa shape index (κ2) is 6.38. The number of aliphatic hydroxyl groups excluding tert-OH is 1. The number of carboxylic acids is 1. The molecule has 7 nitrogen and oxygen atoms in total. The molecule has 2 N–H and O–H groups in total. The van der Waals surface area contributed by atoms with Gasteiger partial charge in [0.25, 0.3) is 0 Å². The zero-order valence-electron chi connectivity index (χ0n) is 11.1. The van der Waals surface area contributed by atoms with Crippen molar-refractivity contribution in [2.24, 2.45) is 0 Å². The van der Waals surface area contributed by atoms with Crippen molar-refractivity contribution in [1.29, 1.82) is 5.26 Å². The molecule has 1 aliphatic heterocycles. The second-order valence-electron chi connectivity index (χ2n) is 4.87. The van der Waals surface area contributed by atoms with Crippen LogP contribution < -0.4 is 0 Å². The van der Waals surface area contributed by atoms with Crippen LogP contribution in [0.15, 0.2) is 0 Å². The topological polar surface area (TPSA) is 105 Å². The van der Waals surface area contributed by atoms with Crippen molar-refractivity contribution in [3.8, 4) is 6.07 Å². The third-order valence-electron chi connectivity index (χ3n) is 3.14. The van der Waals surface area contributed by atoms with E-state index in [1.165, 1.54) is 9.80 Å². The van der Waals surface area contributed by atoms with E-state index in [2.05, 4.69) is 0 Å². The van der Waals surface area contributed by atoms with Crippen LogP contribution in [-0.2, 0) is 4.79 Å². The molecule has 106 valence electrons. The summed E-state index contributed by atoms with van der Waals surface area (Å²) in [6.07, 6.45) is -0.571. The highest BCUT2D eigenvalue weighted by atomic mass is 16.4. The summed E-state index contributed by atoms with van der Waals surface area (Å²) in [5.74, 6) is -1.12. The third-order valence-corrected chi connectivity index (χ3v) is 3.14. The van der Waals surface area contributed by atoms with Gasteiger partial charge in [0.05, 0.1) is 18.6 Å². The maximum atomic E-state index is 12.3. The summed E-state index contributed by atoms with van der Waals surface area (Å²) >= 11 is 0. The number of hydrogen-bond donors (Lipinski definition) is 2. The second-order valence-corrected chi connectivity index (χ2v) is 4.87. The van der Waals surface area contributed by atoms with Gasteiger partial charge in [-0.25, -0.2) is 9.59 Å². The summed E-state index contributed by atoms with van der Waals surface area (Å²) in [6.45, 7) is 3.88. The number of β-amino-alcohol motifs (C(OH)–C–C–N with tert-alkyl or cyclic N) is 1. The molecule has 1 saturated heterocycles. The zero-order valence-corrected chi connectivity index (χ0v) is 11.1. The molecule has 1 aliphatic rings. The molecule has 0 radical (unpaired) electrons. The minimum atomic E-state index is -1.12. The fourth-order valence-corrected chi connectivity index (χ4v) is 2.17. The lowest BCUT2D eigenvalue weighted by Gasteiger charge is -2.32. The Morgan fingerprint density at radius 1 is 1.53 bits per heavy atom. The van der Waals surface area contributed by atoms with Crippen LogP contribution in [0.1, 0.15) is 26.7 Å². The highest BCUT2D eigenvalue weighted by Crippen LogP contribution is 2.21. The minimum absolute atomic E-state index is 0.0194. The van der Waals surface area contributed by atoms with Crippen molar-refractivity contribution in [2.45, 2.75) is 44.9 Å². The molecule has 7 heteroatoms. The van der Waals surface area contributed by atoms with Crippen LogP contribution >= 0.6 is 0 Å². The van der Waals surface area contributed by atoms with Crippen molar-refractivity contribution in [1.82, 2.24) is 9.80 Å². The van der Waals surface area contributed by atoms with Crippen LogP contribution in [0.5, 0.6) is 0 Å². The van der Waals surface area contributed by atoms with Crippen molar-refractivity contribution >= 4 is 12.0 Å². The maximum absolute atomic E-state index is 12.3. The smallest absolute Gasteiger partial charge is 0.326 e. The summed E-state index contributed by atoms with van der Waals surface area (Å²) in [5.41, 5.74) is 0. The highest BCUT2D eigenvalue weighted by Gasteiger charge is 2.40. The van der Waals surface area contributed by atoms with Crippen LogP contribution in [0, 0.1) is 11.3 Å². The van der Waals surface area contributed by atoms with E-state index in [0.717, 1.165) is 0 Å². The fraction of sp³-hybridized carbons (Fsp3) is 0.750. The zero-order chi connectivity index (χ0) is 14.6. The van der Waals surface area contributed by atoms with E-state index in [9.17, 15) is 14.7 Å². The van der Waals surface area contributed by atoms with Crippen LogP contribution in [0.4, 0.5) is 4.79 Å². The molecule has 0 saturated carbocycles. The van der Waals surface area contributed by atoms with Gasteiger partial charge in [-0.1, -0.05) is 0 Å². The number of carbonyl (C=O) groups excluding carboxylic acids is 1. The largest absolute Gasteiger partial charge is 0.480 e. The van der Waals surface area contributed by atoms with Gasteiger partial charge in [-0.2, -0.15) is 5.26 Å². The summed E-state index contributed by atoms with van der Waals surface area (Å²) in [4.78, 5) is 26.0. The van der Waals surface area contributed by atoms with Crippen molar-refractivity contribution in [2.75, 3.05) is 13.1 Å². The Kier molecular flexibility index (Phi) is 5.12. The number of nitriles is 1. The molecule has 0 bridgehead atoms. The SMILES string of the molecule is CC(C)N(CCC#N)C(=O)N1CC(O)C[C@H]1C(=O)O. The van der Waals surface area contributed by atoms with Gasteiger partial charge in [-0.15, -0.1) is 0 Å². The van der Waals surface area contributed by atoms with Gasteiger partial charge in [0, 0.05) is 25.6 Å². The van der Waals surface area contributed by atoms with E-state index in [0.29, 0.717) is 0 Å². The number of urea groups is 1. The van der Waals surface area contributed by atoms with Crippen molar-refractivity contribution < 1.29 is 19.8 Å². The van der Waals surface area contributed by atoms with Crippen molar-refractivity contribution in [3.05, 3.63) is 0 Å². The number of nitrogens with zero attached hydrogens (tertiary/aromatic N) is 3. The van der Waals surface area contributed by atoms with E-state index in [1.807, 2.05) is 6.07 Å². The lowest BCUT2D eigenvalue weighted by atomic mass is 10.2. The molecule has 0 aromatic heterocycles. The molecule has 0 aromatic rings. The van der Waals surface area contributed by atoms with Crippen LogP contribution in [0.2, 0.25) is 0 Å². The molecule has 0 aliphatic carbocycles. The summed E-state index contributed by atoms with van der Waals surface area (Å²) in [7, 11) is 0. The first kappa shape index (κ1) is 15.2. The number of carbonyl (C=O) groups is 2. The minimum Gasteiger partial charge on any atom is -0.480 e. The van der Waals surface area contributed by atoms with E-state index < -0.39 is 24.1 Å². The molecule has 1 unspecified atom stereocenters. The van der Waals surface area contributed by atoms with Crippen LogP contribution in [0.25, 0.3) is 0 Å². The lowest BCUT2D eigenvalue weighted by molar-refractivity contribution is -0.141. The molecule has 1 rings (SSSR count).